The van der Waals surface area contributed by atoms with E-state index in [4.69, 9.17) is 23.2 Å². The predicted molar refractivity (Wildman–Crippen MR) is 106 cm³/mol. The number of rotatable bonds is 3. The Kier molecular flexibility index (Phi) is 4.96. The summed E-state index contributed by atoms with van der Waals surface area (Å²) in [6, 6.07) is 16.1. The van der Waals surface area contributed by atoms with Crippen molar-refractivity contribution in [1.29, 1.82) is 0 Å². The highest BCUT2D eigenvalue weighted by molar-refractivity contribution is 6.42. The average Bonchev–Trinajstić information content (AvgIpc) is 3.40. The summed E-state index contributed by atoms with van der Waals surface area (Å²) in [7, 11) is 2.10. The Balaban J connectivity index is 1.62. The minimum Gasteiger partial charge on any atom is -0.340 e. The summed E-state index contributed by atoms with van der Waals surface area (Å²) in [6.45, 7) is 3.49. The molecule has 4 rings (SSSR count). The van der Waals surface area contributed by atoms with Crippen LogP contribution < -0.4 is 0 Å². The monoisotopic (exact) mass is 388 g/mol. The van der Waals surface area contributed by atoms with Crippen molar-refractivity contribution in [1.82, 2.24) is 9.80 Å². The first-order chi connectivity index (χ1) is 12.6. The number of benzene rings is 2. The maximum atomic E-state index is 13.2. The number of halogens is 2. The second-order valence-electron chi connectivity index (χ2n) is 7.29. The van der Waals surface area contributed by atoms with Crippen LogP contribution in [0, 0.1) is 5.92 Å². The molecule has 1 aliphatic carbocycles. The minimum atomic E-state index is -0.0157. The fourth-order valence-electron chi connectivity index (χ4n) is 4.08. The van der Waals surface area contributed by atoms with Crippen LogP contribution in [0.25, 0.3) is 0 Å². The predicted octanol–water partition coefficient (Wildman–Crippen LogP) is 4.26. The first-order valence-electron chi connectivity index (χ1n) is 9.03. The number of hydrogen-bond acceptors (Lipinski definition) is 2. The maximum Gasteiger partial charge on any atom is 0.227 e. The van der Waals surface area contributed by atoms with Crippen LogP contribution in [0.1, 0.15) is 23.0 Å². The van der Waals surface area contributed by atoms with Crippen molar-refractivity contribution in [3.05, 3.63) is 69.7 Å². The third-order valence-electron chi connectivity index (χ3n) is 5.63. The van der Waals surface area contributed by atoms with Gasteiger partial charge >= 0.3 is 0 Å². The molecule has 26 heavy (non-hydrogen) atoms. The first-order valence-corrected chi connectivity index (χ1v) is 9.79. The van der Waals surface area contributed by atoms with Gasteiger partial charge in [-0.15, -0.1) is 0 Å². The summed E-state index contributed by atoms with van der Waals surface area (Å²) in [5.74, 6) is 0.626. The number of carbonyl (C=O) groups excluding carboxylic acids is 1. The molecular weight excluding hydrogens is 367 g/mol. The van der Waals surface area contributed by atoms with Crippen LogP contribution in [-0.2, 0) is 4.79 Å². The largest absolute Gasteiger partial charge is 0.340 e. The lowest BCUT2D eigenvalue weighted by atomic mass is 10.0. The Bertz CT molecular complexity index is 803. The molecule has 1 saturated carbocycles. The molecule has 2 fully saturated rings. The SMILES string of the molecule is CN1CCN(C(=O)C2C(c3ccccc3)C2c2ccc(Cl)c(Cl)c2)CC1. The summed E-state index contributed by atoms with van der Waals surface area (Å²) in [5, 5.41) is 1.10. The van der Waals surface area contributed by atoms with E-state index in [1.807, 2.05) is 41.3 Å². The zero-order chi connectivity index (χ0) is 18.3. The van der Waals surface area contributed by atoms with Crippen molar-refractivity contribution in [3.8, 4) is 0 Å². The van der Waals surface area contributed by atoms with Crippen LogP contribution in [0.5, 0.6) is 0 Å². The molecule has 0 bridgehead atoms. The van der Waals surface area contributed by atoms with Gasteiger partial charge in [-0.05, 0) is 30.3 Å². The van der Waals surface area contributed by atoms with Gasteiger partial charge in [0, 0.05) is 38.0 Å². The molecule has 2 aromatic carbocycles. The summed E-state index contributed by atoms with van der Waals surface area (Å²) in [6.07, 6.45) is 0. The molecule has 0 radical (unpaired) electrons. The van der Waals surface area contributed by atoms with Crippen LogP contribution >= 0.6 is 23.2 Å². The zero-order valence-electron chi connectivity index (χ0n) is 14.7. The molecule has 1 heterocycles. The van der Waals surface area contributed by atoms with Gasteiger partial charge in [-0.25, -0.2) is 0 Å². The summed E-state index contributed by atoms with van der Waals surface area (Å²) >= 11 is 12.3. The first kappa shape index (κ1) is 17.8. The van der Waals surface area contributed by atoms with Gasteiger partial charge in [0.1, 0.15) is 0 Å². The van der Waals surface area contributed by atoms with Gasteiger partial charge in [0.15, 0.2) is 0 Å². The Hall–Kier alpha value is -1.55. The number of piperazine rings is 1. The van der Waals surface area contributed by atoms with E-state index in [1.54, 1.807) is 0 Å². The zero-order valence-corrected chi connectivity index (χ0v) is 16.2. The van der Waals surface area contributed by atoms with Crippen LogP contribution in [0.15, 0.2) is 48.5 Å². The topological polar surface area (TPSA) is 23.6 Å². The molecule has 3 nitrogen and oxygen atoms in total. The average molecular weight is 389 g/mol. The molecule has 1 aliphatic heterocycles. The molecule has 3 unspecified atom stereocenters. The van der Waals surface area contributed by atoms with E-state index >= 15 is 0 Å². The summed E-state index contributed by atoms with van der Waals surface area (Å²) < 4.78 is 0. The second-order valence-corrected chi connectivity index (χ2v) is 8.10. The van der Waals surface area contributed by atoms with E-state index in [1.165, 1.54) is 5.56 Å². The molecule has 5 heteroatoms. The van der Waals surface area contributed by atoms with Gasteiger partial charge in [-0.3, -0.25) is 4.79 Å². The van der Waals surface area contributed by atoms with Crippen molar-refractivity contribution in [3.63, 3.8) is 0 Å². The van der Waals surface area contributed by atoms with Crippen molar-refractivity contribution < 1.29 is 4.79 Å². The van der Waals surface area contributed by atoms with Gasteiger partial charge in [0.2, 0.25) is 5.91 Å². The maximum absolute atomic E-state index is 13.2. The lowest BCUT2D eigenvalue weighted by Crippen LogP contribution is -2.47. The third kappa shape index (κ3) is 3.36. The minimum absolute atomic E-state index is 0.0157. The van der Waals surface area contributed by atoms with Crippen molar-refractivity contribution in [2.45, 2.75) is 11.8 Å². The van der Waals surface area contributed by atoms with E-state index in [0.29, 0.717) is 10.0 Å². The lowest BCUT2D eigenvalue weighted by Gasteiger charge is -2.32. The molecular formula is C21H22Cl2N2O. The van der Waals surface area contributed by atoms with E-state index in [9.17, 15) is 4.79 Å². The number of carbonyl (C=O) groups is 1. The van der Waals surface area contributed by atoms with Gasteiger partial charge in [0.05, 0.1) is 16.0 Å². The molecule has 2 aromatic rings. The molecule has 2 aliphatic rings. The van der Waals surface area contributed by atoms with E-state index < -0.39 is 0 Å². The summed E-state index contributed by atoms with van der Waals surface area (Å²) in [4.78, 5) is 17.5. The van der Waals surface area contributed by atoms with Crippen LogP contribution in [-0.4, -0.2) is 48.9 Å². The fraction of sp³-hybridized carbons (Fsp3) is 0.381. The van der Waals surface area contributed by atoms with Crippen molar-refractivity contribution in [2.24, 2.45) is 5.92 Å². The molecule has 3 atom stereocenters. The molecule has 0 N–H and O–H groups in total. The highest BCUT2D eigenvalue weighted by Crippen LogP contribution is 2.61. The third-order valence-corrected chi connectivity index (χ3v) is 6.37. The van der Waals surface area contributed by atoms with Gasteiger partial charge < -0.3 is 9.80 Å². The van der Waals surface area contributed by atoms with E-state index in [-0.39, 0.29) is 23.7 Å². The van der Waals surface area contributed by atoms with E-state index in [0.717, 1.165) is 31.7 Å². The fourth-order valence-corrected chi connectivity index (χ4v) is 4.39. The van der Waals surface area contributed by atoms with E-state index in [2.05, 4.69) is 24.1 Å². The van der Waals surface area contributed by atoms with Gasteiger partial charge in [-0.1, -0.05) is 59.6 Å². The van der Waals surface area contributed by atoms with Crippen molar-refractivity contribution >= 4 is 29.1 Å². The Labute approximate surface area is 164 Å². The quantitative estimate of drug-likeness (QED) is 0.783. The normalized spacial score (nSPS) is 26.0. The van der Waals surface area contributed by atoms with Crippen LogP contribution in [0.2, 0.25) is 10.0 Å². The standard InChI is InChI=1S/C21H22Cl2N2O/c1-24-9-11-25(12-10-24)21(26)20-18(14-5-3-2-4-6-14)19(20)15-7-8-16(22)17(23)13-15/h2-8,13,18-20H,9-12H2,1H3. The van der Waals surface area contributed by atoms with Crippen molar-refractivity contribution in [2.75, 3.05) is 33.2 Å². The molecule has 1 saturated heterocycles. The Morgan fingerprint density at radius 3 is 2.19 bits per heavy atom. The Morgan fingerprint density at radius 1 is 0.885 bits per heavy atom. The number of likely N-dealkylation sites (N-methyl/N-ethyl adjacent to an activating group) is 1. The molecule has 136 valence electrons. The highest BCUT2D eigenvalue weighted by Gasteiger charge is 2.57. The Morgan fingerprint density at radius 2 is 1.54 bits per heavy atom. The molecule has 1 amide bonds. The number of nitrogens with zero attached hydrogens (tertiary/aromatic N) is 2. The lowest BCUT2D eigenvalue weighted by molar-refractivity contribution is -0.134. The smallest absolute Gasteiger partial charge is 0.227 e. The number of amides is 1. The van der Waals surface area contributed by atoms with Crippen LogP contribution in [0.3, 0.4) is 0 Å². The number of hydrogen-bond donors (Lipinski definition) is 0. The highest BCUT2D eigenvalue weighted by atomic mass is 35.5. The van der Waals surface area contributed by atoms with Crippen LogP contribution in [0.4, 0.5) is 0 Å². The van der Waals surface area contributed by atoms with Gasteiger partial charge in [-0.2, -0.15) is 0 Å². The van der Waals surface area contributed by atoms with Gasteiger partial charge in [0.25, 0.3) is 0 Å². The second kappa shape index (κ2) is 7.22. The molecule has 0 aromatic heterocycles. The summed E-state index contributed by atoms with van der Waals surface area (Å²) in [5.41, 5.74) is 2.32. The molecule has 0 spiro atoms.